The third kappa shape index (κ3) is 6.12. The van der Waals surface area contributed by atoms with E-state index in [0.29, 0.717) is 17.0 Å². The fourth-order valence-electron chi connectivity index (χ4n) is 2.48. The molecule has 2 aromatic rings. The van der Waals surface area contributed by atoms with Crippen molar-refractivity contribution in [3.63, 3.8) is 0 Å². The highest BCUT2D eigenvalue weighted by molar-refractivity contribution is 6.01. The Morgan fingerprint density at radius 1 is 0.929 bits per heavy atom. The van der Waals surface area contributed by atoms with Crippen LogP contribution in [-0.2, 0) is 20.7 Å². The summed E-state index contributed by atoms with van der Waals surface area (Å²) in [6, 6.07) is 10.1. The second-order valence-corrected chi connectivity index (χ2v) is 6.44. The van der Waals surface area contributed by atoms with Crippen LogP contribution in [0.3, 0.4) is 0 Å². The third-order valence-corrected chi connectivity index (χ3v) is 4.20. The van der Waals surface area contributed by atoms with Crippen molar-refractivity contribution in [1.82, 2.24) is 5.32 Å². The van der Waals surface area contributed by atoms with Crippen LogP contribution < -0.4 is 15.4 Å². The molecule has 2 rings (SSSR count). The number of aryl methyl sites for hydroxylation is 3. The molecule has 0 aliphatic rings. The summed E-state index contributed by atoms with van der Waals surface area (Å²) in [5.41, 5.74) is 4.35. The van der Waals surface area contributed by atoms with Crippen molar-refractivity contribution in [2.45, 2.75) is 27.2 Å². The van der Waals surface area contributed by atoms with Crippen molar-refractivity contribution < 1.29 is 23.9 Å². The summed E-state index contributed by atoms with van der Waals surface area (Å²) >= 11 is 0. The molecular weight excluding hydrogens is 360 g/mol. The first-order chi connectivity index (χ1) is 13.3. The first-order valence-corrected chi connectivity index (χ1v) is 8.75. The molecule has 148 valence electrons. The standard InChI is InChI=1S/C21H24N2O5/c1-13-6-8-17(9-15(13)3)22-21(26)23-19(24)12-28-20(25)11-16-7-5-14(2)18(10-16)27-4/h5-10H,11-12H2,1-4H3,(H2,22,23,24,26). The Kier molecular flexibility index (Phi) is 7.14. The highest BCUT2D eigenvalue weighted by Gasteiger charge is 2.12. The molecule has 0 spiro atoms. The lowest BCUT2D eigenvalue weighted by atomic mass is 10.1. The summed E-state index contributed by atoms with van der Waals surface area (Å²) in [4.78, 5) is 35.6. The van der Waals surface area contributed by atoms with E-state index in [-0.39, 0.29) is 6.42 Å². The van der Waals surface area contributed by atoms with Crippen molar-refractivity contribution in [2.75, 3.05) is 19.0 Å². The summed E-state index contributed by atoms with van der Waals surface area (Å²) in [5, 5.41) is 4.68. The van der Waals surface area contributed by atoms with Gasteiger partial charge in [-0.2, -0.15) is 0 Å². The summed E-state index contributed by atoms with van der Waals surface area (Å²) in [5.74, 6) is -0.613. The number of esters is 1. The van der Waals surface area contributed by atoms with Crippen molar-refractivity contribution in [2.24, 2.45) is 0 Å². The zero-order valence-corrected chi connectivity index (χ0v) is 16.4. The molecular formula is C21H24N2O5. The maximum absolute atomic E-state index is 11.9. The number of hydrogen-bond donors (Lipinski definition) is 2. The van der Waals surface area contributed by atoms with E-state index in [1.165, 1.54) is 0 Å². The van der Waals surface area contributed by atoms with Crippen LogP contribution >= 0.6 is 0 Å². The van der Waals surface area contributed by atoms with Gasteiger partial charge in [-0.05, 0) is 61.2 Å². The summed E-state index contributed by atoms with van der Waals surface area (Å²) in [6.07, 6.45) is -0.00123. The minimum atomic E-state index is -0.712. The quantitative estimate of drug-likeness (QED) is 0.747. The van der Waals surface area contributed by atoms with Gasteiger partial charge in [-0.3, -0.25) is 14.9 Å². The molecule has 0 heterocycles. The third-order valence-electron chi connectivity index (χ3n) is 4.20. The number of carbonyl (C=O) groups excluding carboxylic acids is 3. The molecule has 0 aliphatic heterocycles. The van der Waals surface area contributed by atoms with Crippen LogP contribution in [0.2, 0.25) is 0 Å². The molecule has 0 unspecified atom stereocenters. The molecule has 7 heteroatoms. The van der Waals surface area contributed by atoms with Gasteiger partial charge in [0, 0.05) is 5.69 Å². The van der Waals surface area contributed by atoms with Crippen LogP contribution in [-0.4, -0.2) is 31.6 Å². The maximum Gasteiger partial charge on any atom is 0.325 e. The molecule has 0 atom stereocenters. The summed E-state index contributed by atoms with van der Waals surface area (Å²) in [6.45, 7) is 5.24. The number of methoxy groups -OCH3 is 1. The predicted octanol–water partition coefficient (Wildman–Crippen LogP) is 3.05. The zero-order valence-electron chi connectivity index (χ0n) is 16.4. The van der Waals surface area contributed by atoms with E-state index in [2.05, 4.69) is 10.6 Å². The highest BCUT2D eigenvalue weighted by atomic mass is 16.5. The number of rotatable bonds is 6. The average molecular weight is 384 g/mol. The van der Waals surface area contributed by atoms with Crippen molar-refractivity contribution >= 4 is 23.6 Å². The van der Waals surface area contributed by atoms with E-state index in [1.54, 1.807) is 31.4 Å². The molecule has 0 aromatic heterocycles. The molecule has 0 saturated carbocycles. The van der Waals surface area contributed by atoms with Crippen LogP contribution in [0.5, 0.6) is 5.75 Å². The molecule has 2 N–H and O–H groups in total. The lowest BCUT2D eigenvalue weighted by Crippen LogP contribution is -2.37. The van der Waals surface area contributed by atoms with Gasteiger partial charge in [-0.1, -0.05) is 18.2 Å². The number of urea groups is 1. The zero-order chi connectivity index (χ0) is 20.7. The Bertz CT molecular complexity index is 892. The van der Waals surface area contributed by atoms with E-state index in [9.17, 15) is 14.4 Å². The van der Waals surface area contributed by atoms with Crippen molar-refractivity contribution in [3.8, 4) is 5.75 Å². The first-order valence-electron chi connectivity index (χ1n) is 8.75. The summed E-state index contributed by atoms with van der Waals surface area (Å²) in [7, 11) is 1.55. The fraction of sp³-hybridized carbons (Fsp3) is 0.286. The van der Waals surface area contributed by atoms with E-state index in [4.69, 9.17) is 9.47 Å². The molecule has 0 saturated heterocycles. The SMILES string of the molecule is COc1cc(CC(=O)OCC(=O)NC(=O)Nc2ccc(C)c(C)c2)ccc1C. The lowest BCUT2D eigenvalue weighted by Gasteiger charge is -2.10. The summed E-state index contributed by atoms with van der Waals surface area (Å²) < 4.78 is 10.1. The Morgan fingerprint density at radius 2 is 1.64 bits per heavy atom. The second-order valence-electron chi connectivity index (χ2n) is 6.44. The largest absolute Gasteiger partial charge is 0.496 e. The van der Waals surface area contributed by atoms with Crippen LogP contribution in [0.4, 0.5) is 10.5 Å². The van der Waals surface area contributed by atoms with Crippen LogP contribution in [0, 0.1) is 20.8 Å². The number of nitrogens with one attached hydrogen (secondary N) is 2. The topological polar surface area (TPSA) is 93.7 Å². The number of amides is 3. The van der Waals surface area contributed by atoms with Gasteiger partial charge in [0.25, 0.3) is 5.91 Å². The smallest absolute Gasteiger partial charge is 0.325 e. The van der Waals surface area contributed by atoms with E-state index >= 15 is 0 Å². The number of ether oxygens (including phenoxy) is 2. The maximum atomic E-state index is 11.9. The van der Waals surface area contributed by atoms with Gasteiger partial charge in [-0.15, -0.1) is 0 Å². The monoisotopic (exact) mass is 384 g/mol. The van der Waals surface area contributed by atoms with Gasteiger partial charge in [0.2, 0.25) is 0 Å². The molecule has 7 nitrogen and oxygen atoms in total. The molecule has 0 bridgehead atoms. The lowest BCUT2D eigenvalue weighted by molar-refractivity contribution is -0.147. The fourth-order valence-corrected chi connectivity index (χ4v) is 2.48. The number of benzene rings is 2. The van der Waals surface area contributed by atoms with Crippen LogP contribution in [0.25, 0.3) is 0 Å². The molecule has 0 aliphatic carbocycles. The van der Waals surface area contributed by atoms with E-state index < -0.39 is 24.5 Å². The van der Waals surface area contributed by atoms with E-state index in [0.717, 1.165) is 16.7 Å². The minimum absolute atomic E-state index is 0.00123. The first kappa shape index (κ1) is 21.0. The Labute approximate surface area is 164 Å². The number of imide groups is 1. The Morgan fingerprint density at radius 3 is 2.32 bits per heavy atom. The predicted molar refractivity (Wildman–Crippen MR) is 105 cm³/mol. The van der Waals surface area contributed by atoms with Gasteiger partial charge < -0.3 is 14.8 Å². The molecule has 28 heavy (non-hydrogen) atoms. The van der Waals surface area contributed by atoms with Crippen molar-refractivity contribution in [3.05, 3.63) is 58.7 Å². The molecule has 0 radical (unpaired) electrons. The number of hydrogen-bond acceptors (Lipinski definition) is 5. The van der Waals surface area contributed by atoms with Gasteiger partial charge in [-0.25, -0.2) is 4.79 Å². The van der Waals surface area contributed by atoms with E-state index in [1.807, 2.05) is 32.9 Å². The number of anilines is 1. The van der Waals surface area contributed by atoms with Gasteiger partial charge >= 0.3 is 12.0 Å². The molecule has 2 aromatic carbocycles. The van der Waals surface area contributed by atoms with Gasteiger partial charge in [0.1, 0.15) is 5.75 Å². The van der Waals surface area contributed by atoms with Crippen LogP contribution in [0.15, 0.2) is 36.4 Å². The minimum Gasteiger partial charge on any atom is -0.496 e. The Hall–Kier alpha value is -3.35. The average Bonchev–Trinajstić information content (AvgIpc) is 2.64. The van der Waals surface area contributed by atoms with Gasteiger partial charge in [0.15, 0.2) is 6.61 Å². The van der Waals surface area contributed by atoms with Gasteiger partial charge in [0.05, 0.1) is 13.5 Å². The molecule has 3 amide bonds. The number of carbonyl (C=O) groups is 3. The second kappa shape index (κ2) is 9.55. The van der Waals surface area contributed by atoms with Crippen LogP contribution in [0.1, 0.15) is 22.3 Å². The molecule has 0 fully saturated rings. The normalized spacial score (nSPS) is 10.1. The highest BCUT2D eigenvalue weighted by Crippen LogP contribution is 2.19. The Balaban J connectivity index is 1.78. The van der Waals surface area contributed by atoms with Crippen molar-refractivity contribution in [1.29, 1.82) is 0 Å².